The molecule has 14 heavy (non-hydrogen) atoms. The first-order chi connectivity index (χ1) is 6.63. The largest absolute Gasteiger partial charge is 0.377 e. The summed E-state index contributed by atoms with van der Waals surface area (Å²) in [5.41, 5.74) is 5.80. The number of hydrogen-bond donors (Lipinski definition) is 1. The van der Waals surface area contributed by atoms with Crippen LogP contribution in [-0.4, -0.2) is 22.9 Å². The smallest absolute Gasteiger partial charge is 0.226 e. The van der Waals surface area contributed by atoms with Crippen molar-refractivity contribution < 1.29 is 9.26 Å². The van der Waals surface area contributed by atoms with Crippen molar-refractivity contribution in [3.05, 3.63) is 11.7 Å². The lowest BCUT2D eigenvalue weighted by molar-refractivity contribution is 0.0665. The van der Waals surface area contributed by atoms with Gasteiger partial charge in [0.1, 0.15) is 0 Å². The normalized spacial score (nSPS) is 13.5. The van der Waals surface area contributed by atoms with Crippen molar-refractivity contribution in [3.63, 3.8) is 0 Å². The minimum Gasteiger partial charge on any atom is -0.377 e. The van der Waals surface area contributed by atoms with Crippen LogP contribution in [0, 0.1) is 0 Å². The van der Waals surface area contributed by atoms with Crippen LogP contribution in [0.15, 0.2) is 4.52 Å². The summed E-state index contributed by atoms with van der Waals surface area (Å²) in [6.45, 7) is 6.29. The van der Waals surface area contributed by atoms with E-state index in [-0.39, 0.29) is 12.1 Å². The van der Waals surface area contributed by atoms with E-state index in [1.807, 2.05) is 20.8 Å². The van der Waals surface area contributed by atoms with Gasteiger partial charge in [-0.1, -0.05) is 12.1 Å². The predicted octanol–water partition coefficient (Wildman–Crippen LogP) is 1.06. The van der Waals surface area contributed by atoms with Gasteiger partial charge in [0.25, 0.3) is 0 Å². The molecule has 1 heterocycles. The van der Waals surface area contributed by atoms with Crippen molar-refractivity contribution in [2.45, 2.75) is 39.3 Å². The lowest BCUT2D eigenvalue weighted by Gasteiger charge is -2.10. The summed E-state index contributed by atoms with van der Waals surface area (Å²) in [6, 6.07) is -0.304. The third-order valence-electron chi connectivity index (χ3n) is 1.73. The van der Waals surface area contributed by atoms with Gasteiger partial charge < -0.3 is 15.0 Å². The van der Waals surface area contributed by atoms with E-state index in [9.17, 15) is 0 Å². The van der Waals surface area contributed by atoms with Crippen LogP contribution in [0.2, 0.25) is 0 Å². The minimum atomic E-state index is -0.304. The zero-order chi connectivity index (χ0) is 10.6. The first-order valence-electron chi connectivity index (χ1n) is 4.83. The molecule has 0 amide bonds. The molecule has 0 aromatic carbocycles. The van der Waals surface area contributed by atoms with Gasteiger partial charge in [0.2, 0.25) is 5.89 Å². The third-order valence-corrected chi connectivity index (χ3v) is 1.73. The third kappa shape index (κ3) is 3.08. The topological polar surface area (TPSA) is 74.2 Å². The van der Waals surface area contributed by atoms with Crippen LogP contribution in [0.5, 0.6) is 0 Å². The van der Waals surface area contributed by atoms with Crippen LogP contribution in [-0.2, 0) is 11.2 Å². The summed E-state index contributed by atoms with van der Waals surface area (Å²) in [4.78, 5) is 4.12. The van der Waals surface area contributed by atoms with Crippen molar-refractivity contribution in [3.8, 4) is 0 Å². The highest BCUT2D eigenvalue weighted by Crippen LogP contribution is 2.07. The van der Waals surface area contributed by atoms with Crippen LogP contribution < -0.4 is 5.73 Å². The van der Waals surface area contributed by atoms with Crippen molar-refractivity contribution in [2.75, 3.05) is 6.61 Å². The Bertz CT molecular complexity index is 273. The fourth-order valence-electron chi connectivity index (χ4n) is 0.933. The Morgan fingerprint density at radius 2 is 2.21 bits per heavy atom. The van der Waals surface area contributed by atoms with Gasteiger partial charge in [0.05, 0.1) is 18.8 Å². The molecule has 1 atom stereocenters. The molecule has 0 aliphatic heterocycles. The Balaban J connectivity index is 2.47. The zero-order valence-corrected chi connectivity index (χ0v) is 8.86. The number of hydrogen-bond acceptors (Lipinski definition) is 5. The van der Waals surface area contributed by atoms with Crippen molar-refractivity contribution in [1.82, 2.24) is 10.1 Å². The van der Waals surface area contributed by atoms with Gasteiger partial charge in [-0.2, -0.15) is 4.98 Å². The highest BCUT2D eigenvalue weighted by atomic mass is 16.5. The summed E-state index contributed by atoms with van der Waals surface area (Å²) in [6.07, 6.45) is 0.892. The quantitative estimate of drug-likeness (QED) is 0.767. The first-order valence-corrected chi connectivity index (χ1v) is 4.83. The van der Waals surface area contributed by atoms with E-state index < -0.39 is 0 Å². The van der Waals surface area contributed by atoms with Crippen LogP contribution >= 0.6 is 0 Å². The summed E-state index contributed by atoms with van der Waals surface area (Å²) < 4.78 is 10.3. The molecule has 0 aliphatic carbocycles. The van der Waals surface area contributed by atoms with Gasteiger partial charge in [-0.3, -0.25) is 0 Å². The summed E-state index contributed by atoms with van der Waals surface area (Å²) in [5, 5.41) is 3.77. The lowest BCUT2D eigenvalue weighted by atomic mass is 10.3. The van der Waals surface area contributed by atoms with Crippen molar-refractivity contribution in [2.24, 2.45) is 5.73 Å². The Hall–Kier alpha value is -0.940. The van der Waals surface area contributed by atoms with E-state index in [4.69, 9.17) is 15.0 Å². The van der Waals surface area contributed by atoms with Gasteiger partial charge in [-0.05, 0) is 13.8 Å². The maximum Gasteiger partial charge on any atom is 0.226 e. The molecule has 0 fully saturated rings. The van der Waals surface area contributed by atoms with Crippen LogP contribution in [0.4, 0.5) is 0 Å². The fourth-order valence-corrected chi connectivity index (χ4v) is 0.933. The second-order valence-electron chi connectivity index (χ2n) is 3.39. The molecule has 2 N–H and O–H groups in total. The molecule has 0 radical (unpaired) electrons. The maximum atomic E-state index is 5.80. The molecular formula is C9H17N3O2. The summed E-state index contributed by atoms with van der Waals surface area (Å²) >= 11 is 0. The van der Waals surface area contributed by atoms with E-state index in [0.717, 1.165) is 6.42 Å². The average Bonchev–Trinajstić information content (AvgIpc) is 2.62. The van der Waals surface area contributed by atoms with Crippen molar-refractivity contribution in [1.29, 1.82) is 0 Å². The maximum absolute atomic E-state index is 5.80. The molecule has 5 nitrogen and oxygen atoms in total. The van der Waals surface area contributed by atoms with E-state index in [1.54, 1.807) is 0 Å². The highest BCUT2D eigenvalue weighted by molar-refractivity contribution is 4.92. The molecule has 0 aliphatic rings. The number of aromatic nitrogens is 2. The standard InChI is InChI=1S/C9H17N3O2/c1-4-8-11-9(12-14-8)7(10)5-13-6(2)3/h6-7H,4-5,10H2,1-3H3. The summed E-state index contributed by atoms with van der Waals surface area (Å²) in [7, 11) is 0. The van der Waals surface area contributed by atoms with Crippen molar-refractivity contribution >= 4 is 0 Å². The molecule has 0 saturated carbocycles. The van der Waals surface area contributed by atoms with Gasteiger partial charge in [-0.25, -0.2) is 0 Å². The Morgan fingerprint density at radius 1 is 1.50 bits per heavy atom. The molecule has 0 saturated heterocycles. The van der Waals surface area contributed by atoms with Gasteiger partial charge in [0, 0.05) is 6.42 Å². The highest BCUT2D eigenvalue weighted by Gasteiger charge is 2.13. The van der Waals surface area contributed by atoms with Crippen LogP contribution in [0.3, 0.4) is 0 Å². The number of rotatable bonds is 5. The van der Waals surface area contributed by atoms with E-state index >= 15 is 0 Å². The molecule has 80 valence electrons. The Kier molecular flexibility index (Phi) is 4.03. The molecule has 0 spiro atoms. The monoisotopic (exact) mass is 199 g/mol. The number of nitrogens with zero attached hydrogens (tertiary/aromatic N) is 2. The lowest BCUT2D eigenvalue weighted by Crippen LogP contribution is -2.20. The SMILES string of the molecule is CCc1nc(C(N)COC(C)C)no1. The molecule has 0 bridgehead atoms. The summed E-state index contributed by atoms with van der Waals surface area (Å²) in [5.74, 6) is 1.13. The van der Waals surface area contributed by atoms with E-state index in [0.29, 0.717) is 18.3 Å². The Labute approximate surface area is 83.6 Å². The second kappa shape index (κ2) is 5.07. The molecule has 1 rings (SSSR count). The first kappa shape index (κ1) is 11.1. The number of ether oxygens (including phenoxy) is 1. The molecule has 1 aromatic heterocycles. The predicted molar refractivity (Wildman–Crippen MR) is 51.7 cm³/mol. The van der Waals surface area contributed by atoms with E-state index in [2.05, 4.69) is 10.1 Å². The average molecular weight is 199 g/mol. The number of nitrogens with two attached hydrogens (primary N) is 1. The van der Waals surface area contributed by atoms with Crippen LogP contribution in [0.1, 0.15) is 38.5 Å². The van der Waals surface area contributed by atoms with Gasteiger partial charge >= 0.3 is 0 Å². The minimum absolute atomic E-state index is 0.165. The van der Waals surface area contributed by atoms with E-state index in [1.165, 1.54) is 0 Å². The van der Waals surface area contributed by atoms with Crippen LogP contribution in [0.25, 0.3) is 0 Å². The van der Waals surface area contributed by atoms with Gasteiger partial charge in [0.15, 0.2) is 5.82 Å². The second-order valence-corrected chi connectivity index (χ2v) is 3.39. The van der Waals surface area contributed by atoms with Gasteiger partial charge in [-0.15, -0.1) is 0 Å². The zero-order valence-electron chi connectivity index (χ0n) is 8.86. The molecule has 1 aromatic rings. The number of aryl methyl sites for hydroxylation is 1. The molecular weight excluding hydrogens is 182 g/mol. The molecule has 5 heteroatoms. The Morgan fingerprint density at radius 3 is 2.71 bits per heavy atom. The fraction of sp³-hybridized carbons (Fsp3) is 0.778. The molecule has 1 unspecified atom stereocenters.